The Balaban J connectivity index is 2.25. The van der Waals surface area contributed by atoms with Gasteiger partial charge >= 0.3 is 0 Å². The second kappa shape index (κ2) is 5.54. The normalized spacial score (nSPS) is 9.79. The van der Waals surface area contributed by atoms with Crippen LogP contribution in [0.15, 0.2) is 24.3 Å². The fraction of sp³-hybridized carbons (Fsp3) is 0.300. The maximum absolute atomic E-state index is 12.5. The van der Waals surface area contributed by atoms with E-state index in [1.165, 1.54) is 12.1 Å². The molecule has 2 N–H and O–H groups in total. The number of halogens is 1. The number of thiocarbonyl (C=S) groups is 1. The Morgan fingerprint density at radius 1 is 1.36 bits per heavy atom. The predicted octanol–water partition coefficient (Wildman–Crippen LogP) is 2.27. The van der Waals surface area contributed by atoms with Gasteiger partial charge in [0.25, 0.3) is 0 Å². The zero-order valence-corrected chi connectivity index (χ0v) is 8.52. The van der Waals surface area contributed by atoms with Crippen LogP contribution < -0.4 is 10.5 Å². The van der Waals surface area contributed by atoms with Crippen LogP contribution in [0, 0.1) is 5.82 Å². The van der Waals surface area contributed by atoms with Gasteiger partial charge in [0.15, 0.2) is 0 Å². The number of rotatable bonds is 5. The molecule has 1 aromatic carbocycles. The van der Waals surface area contributed by atoms with E-state index in [9.17, 15) is 4.39 Å². The summed E-state index contributed by atoms with van der Waals surface area (Å²) < 4.78 is 17.8. The van der Waals surface area contributed by atoms with Crippen LogP contribution >= 0.6 is 12.2 Å². The third-order valence-electron chi connectivity index (χ3n) is 1.65. The minimum Gasteiger partial charge on any atom is -0.494 e. The first-order chi connectivity index (χ1) is 6.68. The van der Waals surface area contributed by atoms with Crippen LogP contribution in [0.25, 0.3) is 0 Å². The van der Waals surface area contributed by atoms with Crippen LogP contribution in [0.1, 0.15) is 12.8 Å². The second-order valence-corrected chi connectivity index (χ2v) is 3.40. The highest BCUT2D eigenvalue weighted by atomic mass is 32.1. The largest absolute Gasteiger partial charge is 0.494 e. The molecule has 0 bridgehead atoms. The van der Waals surface area contributed by atoms with Gasteiger partial charge in [0, 0.05) is 6.42 Å². The van der Waals surface area contributed by atoms with Crippen LogP contribution in [0.5, 0.6) is 5.75 Å². The molecule has 0 atom stereocenters. The first-order valence-corrected chi connectivity index (χ1v) is 4.76. The molecule has 0 fully saturated rings. The van der Waals surface area contributed by atoms with E-state index in [1.54, 1.807) is 12.1 Å². The third kappa shape index (κ3) is 4.18. The van der Waals surface area contributed by atoms with E-state index in [0.29, 0.717) is 23.8 Å². The van der Waals surface area contributed by atoms with Crippen molar-refractivity contribution in [3.63, 3.8) is 0 Å². The molecular formula is C10H12FNOS. The second-order valence-electron chi connectivity index (χ2n) is 2.87. The van der Waals surface area contributed by atoms with Gasteiger partial charge in [0.1, 0.15) is 11.6 Å². The minimum atomic E-state index is -0.263. The summed E-state index contributed by atoms with van der Waals surface area (Å²) in [5.41, 5.74) is 5.32. The Labute approximate surface area is 87.9 Å². The number of hydrogen-bond donors (Lipinski definition) is 1. The van der Waals surface area contributed by atoms with Crippen LogP contribution in [0.3, 0.4) is 0 Å². The summed E-state index contributed by atoms with van der Waals surface area (Å²) in [6.07, 6.45) is 1.46. The monoisotopic (exact) mass is 213 g/mol. The van der Waals surface area contributed by atoms with Crippen LogP contribution in [0.2, 0.25) is 0 Å². The lowest BCUT2D eigenvalue weighted by molar-refractivity contribution is 0.313. The van der Waals surface area contributed by atoms with Gasteiger partial charge in [-0.25, -0.2) is 4.39 Å². The van der Waals surface area contributed by atoms with Crippen LogP contribution in [-0.4, -0.2) is 11.6 Å². The van der Waals surface area contributed by atoms with Crippen molar-refractivity contribution < 1.29 is 9.13 Å². The SMILES string of the molecule is NC(=S)CCCOc1ccc(F)cc1. The van der Waals surface area contributed by atoms with Crippen molar-refractivity contribution in [3.8, 4) is 5.75 Å². The van der Waals surface area contributed by atoms with Gasteiger partial charge in [-0.05, 0) is 30.7 Å². The molecule has 2 nitrogen and oxygen atoms in total. The first-order valence-electron chi connectivity index (χ1n) is 4.35. The highest BCUT2D eigenvalue weighted by Gasteiger charge is 1.95. The third-order valence-corrected chi connectivity index (χ3v) is 1.85. The van der Waals surface area contributed by atoms with Crippen molar-refractivity contribution >= 4 is 17.2 Å². The quantitative estimate of drug-likeness (QED) is 0.602. The summed E-state index contributed by atoms with van der Waals surface area (Å²) in [7, 11) is 0. The Kier molecular flexibility index (Phi) is 4.32. The standard InChI is InChI=1S/C10H12FNOS/c11-8-3-5-9(6-4-8)13-7-1-2-10(12)14/h3-6H,1-2,7H2,(H2,12,14). The molecule has 0 unspecified atom stereocenters. The minimum absolute atomic E-state index is 0.263. The smallest absolute Gasteiger partial charge is 0.123 e. The summed E-state index contributed by atoms with van der Waals surface area (Å²) in [6.45, 7) is 0.545. The molecule has 0 aliphatic rings. The molecule has 0 spiro atoms. The highest BCUT2D eigenvalue weighted by Crippen LogP contribution is 2.11. The van der Waals surface area contributed by atoms with Gasteiger partial charge in [-0.3, -0.25) is 0 Å². The Bertz CT molecular complexity index is 299. The average molecular weight is 213 g/mol. The van der Waals surface area contributed by atoms with E-state index < -0.39 is 0 Å². The van der Waals surface area contributed by atoms with E-state index in [4.69, 9.17) is 22.7 Å². The Morgan fingerprint density at radius 2 is 2.00 bits per heavy atom. The number of benzene rings is 1. The van der Waals surface area contributed by atoms with E-state index in [2.05, 4.69) is 0 Å². The number of hydrogen-bond acceptors (Lipinski definition) is 2. The fourth-order valence-electron chi connectivity index (χ4n) is 0.967. The molecule has 0 heterocycles. The molecule has 0 aromatic heterocycles. The topological polar surface area (TPSA) is 35.2 Å². The summed E-state index contributed by atoms with van der Waals surface area (Å²) >= 11 is 4.72. The van der Waals surface area contributed by atoms with Crippen molar-refractivity contribution in [1.82, 2.24) is 0 Å². The molecule has 0 radical (unpaired) electrons. The molecule has 0 saturated heterocycles. The lowest BCUT2D eigenvalue weighted by atomic mass is 10.3. The molecule has 14 heavy (non-hydrogen) atoms. The van der Waals surface area contributed by atoms with Gasteiger partial charge in [-0.2, -0.15) is 0 Å². The molecule has 0 amide bonds. The molecule has 0 aliphatic carbocycles. The molecule has 0 saturated carbocycles. The van der Waals surface area contributed by atoms with Crippen molar-refractivity contribution in [2.75, 3.05) is 6.61 Å². The summed E-state index contributed by atoms with van der Waals surface area (Å²) in [5, 5.41) is 0. The van der Waals surface area contributed by atoms with Crippen LogP contribution in [0.4, 0.5) is 4.39 Å². The van der Waals surface area contributed by atoms with Crippen molar-refractivity contribution in [3.05, 3.63) is 30.1 Å². The van der Waals surface area contributed by atoms with Crippen LogP contribution in [-0.2, 0) is 0 Å². The zero-order valence-electron chi connectivity index (χ0n) is 7.70. The molecule has 76 valence electrons. The van der Waals surface area contributed by atoms with E-state index >= 15 is 0 Å². The number of nitrogens with two attached hydrogens (primary N) is 1. The van der Waals surface area contributed by atoms with E-state index in [0.717, 1.165) is 6.42 Å². The first kappa shape index (κ1) is 10.9. The van der Waals surface area contributed by atoms with Gasteiger partial charge in [0.2, 0.25) is 0 Å². The lowest BCUT2D eigenvalue weighted by Gasteiger charge is -2.04. The Morgan fingerprint density at radius 3 is 2.57 bits per heavy atom. The van der Waals surface area contributed by atoms with E-state index in [1.807, 2.05) is 0 Å². The van der Waals surface area contributed by atoms with Gasteiger partial charge < -0.3 is 10.5 Å². The van der Waals surface area contributed by atoms with Gasteiger partial charge in [-0.15, -0.1) is 0 Å². The highest BCUT2D eigenvalue weighted by molar-refractivity contribution is 7.80. The van der Waals surface area contributed by atoms with Gasteiger partial charge in [0.05, 0.1) is 11.6 Å². The maximum atomic E-state index is 12.5. The molecule has 1 rings (SSSR count). The molecular weight excluding hydrogens is 201 g/mol. The fourth-order valence-corrected chi connectivity index (χ4v) is 1.11. The van der Waals surface area contributed by atoms with Crippen molar-refractivity contribution in [1.29, 1.82) is 0 Å². The molecule has 0 aliphatic heterocycles. The number of ether oxygens (including phenoxy) is 1. The van der Waals surface area contributed by atoms with Gasteiger partial charge in [-0.1, -0.05) is 12.2 Å². The molecule has 4 heteroatoms. The van der Waals surface area contributed by atoms with Crippen molar-refractivity contribution in [2.45, 2.75) is 12.8 Å². The summed E-state index contributed by atoms with van der Waals surface area (Å²) in [5.74, 6) is 0.398. The summed E-state index contributed by atoms with van der Waals surface area (Å²) in [6, 6.07) is 5.91. The maximum Gasteiger partial charge on any atom is 0.123 e. The summed E-state index contributed by atoms with van der Waals surface area (Å²) in [4.78, 5) is 0.493. The lowest BCUT2D eigenvalue weighted by Crippen LogP contribution is -2.09. The van der Waals surface area contributed by atoms with Crippen molar-refractivity contribution in [2.24, 2.45) is 5.73 Å². The van der Waals surface area contributed by atoms with E-state index in [-0.39, 0.29) is 5.82 Å². The molecule has 1 aromatic rings. The Hall–Kier alpha value is -1.16. The zero-order chi connectivity index (χ0) is 10.4. The average Bonchev–Trinajstić information content (AvgIpc) is 2.15. The predicted molar refractivity (Wildman–Crippen MR) is 57.9 cm³/mol.